The summed E-state index contributed by atoms with van der Waals surface area (Å²) < 4.78 is 0. The molecule has 92 valence electrons. The summed E-state index contributed by atoms with van der Waals surface area (Å²) in [5.41, 5.74) is 1.48. The molecule has 2 aromatic carbocycles. The highest BCUT2D eigenvalue weighted by atomic mass is 16.3. The van der Waals surface area contributed by atoms with E-state index in [-0.39, 0.29) is 18.6 Å². The fourth-order valence-corrected chi connectivity index (χ4v) is 1.75. The largest absolute Gasteiger partial charge is 0.394 e. The Morgan fingerprint density at radius 3 is 2.11 bits per heavy atom. The zero-order chi connectivity index (χ0) is 12.8. The summed E-state index contributed by atoms with van der Waals surface area (Å²) in [5.74, 6) is -0.182. The van der Waals surface area contributed by atoms with E-state index in [0.717, 1.165) is 5.56 Å². The molecule has 0 unspecified atom stereocenters. The van der Waals surface area contributed by atoms with Gasteiger partial charge in [0, 0.05) is 5.56 Å². The summed E-state index contributed by atoms with van der Waals surface area (Å²) in [7, 11) is 0. The van der Waals surface area contributed by atoms with Crippen LogP contribution in [0.2, 0.25) is 0 Å². The minimum absolute atomic E-state index is 0.122. The highest BCUT2D eigenvalue weighted by molar-refractivity contribution is 5.94. The van der Waals surface area contributed by atoms with Crippen molar-refractivity contribution in [3.05, 3.63) is 71.8 Å². The van der Waals surface area contributed by atoms with Gasteiger partial charge in [0.25, 0.3) is 5.91 Å². The summed E-state index contributed by atoms with van der Waals surface area (Å²) in [6.45, 7) is -0.122. The number of aliphatic hydroxyl groups is 1. The topological polar surface area (TPSA) is 49.3 Å². The van der Waals surface area contributed by atoms with Crippen molar-refractivity contribution in [3.8, 4) is 0 Å². The van der Waals surface area contributed by atoms with Crippen molar-refractivity contribution < 1.29 is 9.90 Å². The van der Waals surface area contributed by atoms with Crippen molar-refractivity contribution >= 4 is 5.91 Å². The van der Waals surface area contributed by atoms with Crippen LogP contribution < -0.4 is 5.32 Å². The number of aliphatic hydroxyl groups excluding tert-OH is 1. The van der Waals surface area contributed by atoms with Gasteiger partial charge in [-0.25, -0.2) is 0 Å². The summed E-state index contributed by atoms with van der Waals surface area (Å²) >= 11 is 0. The first kappa shape index (κ1) is 12.3. The van der Waals surface area contributed by atoms with Crippen molar-refractivity contribution in [2.45, 2.75) is 6.04 Å². The van der Waals surface area contributed by atoms with Crippen LogP contribution in [0.15, 0.2) is 60.7 Å². The molecule has 0 aliphatic carbocycles. The molecule has 18 heavy (non-hydrogen) atoms. The van der Waals surface area contributed by atoms with Gasteiger partial charge in [0.05, 0.1) is 12.6 Å². The van der Waals surface area contributed by atoms with E-state index < -0.39 is 0 Å². The lowest BCUT2D eigenvalue weighted by molar-refractivity contribution is 0.0916. The van der Waals surface area contributed by atoms with Gasteiger partial charge in [-0.1, -0.05) is 48.5 Å². The smallest absolute Gasteiger partial charge is 0.251 e. The van der Waals surface area contributed by atoms with Crippen LogP contribution in [0.3, 0.4) is 0 Å². The van der Waals surface area contributed by atoms with Gasteiger partial charge < -0.3 is 10.4 Å². The molecule has 0 saturated carbocycles. The molecule has 3 nitrogen and oxygen atoms in total. The Kier molecular flexibility index (Phi) is 4.10. The standard InChI is InChI=1S/C15H15NO2/c17-11-14(12-7-3-1-4-8-12)16-15(18)13-9-5-2-6-10-13/h1-10,14,17H,11H2,(H,16,18)/t14-/m1/s1. The average molecular weight is 241 g/mol. The van der Waals surface area contributed by atoms with Gasteiger partial charge in [-0.3, -0.25) is 4.79 Å². The molecule has 3 heteroatoms. The summed E-state index contributed by atoms with van der Waals surface area (Å²) in [5, 5.41) is 12.2. The van der Waals surface area contributed by atoms with Crippen LogP contribution in [-0.2, 0) is 0 Å². The Morgan fingerprint density at radius 1 is 1.00 bits per heavy atom. The molecule has 0 saturated heterocycles. The Morgan fingerprint density at radius 2 is 1.56 bits per heavy atom. The Hall–Kier alpha value is -2.13. The number of hydrogen-bond acceptors (Lipinski definition) is 2. The third kappa shape index (κ3) is 2.96. The second-order valence-electron chi connectivity index (χ2n) is 3.99. The number of rotatable bonds is 4. The first-order valence-electron chi connectivity index (χ1n) is 5.83. The molecule has 2 aromatic rings. The number of carbonyl (C=O) groups excluding carboxylic acids is 1. The normalized spacial score (nSPS) is 11.8. The molecular weight excluding hydrogens is 226 g/mol. The monoisotopic (exact) mass is 241 g/mol. The Balaban J connectivity index is 2.10. The molecule has 1 amide bonds. The number of hydrogen-bond donors (Lipinski definition) is 2. The van der Waals surface area contributed by atoms with Gasteiger partial charge in [0.15, 0.2) is 0 Å². The van der Waals surface area contributed by atoms with Crippen LogP contribution in [0.1, 0.15) is 22.0 Å². The lowest BCUT2D eigenvalue weighted by atomic mass is 10.1. The van der Waals surface area contributed by atoms with E-state index in [4.69, 9.17) is 0 Å². The van der Waals surface area contributed by atoms with Crippen molar-refractivity contribution in [3.63, 3.8) is 0 Å². The molecule has 0 bridgehead atoms. The van der Waals surface area contributed by atoms with Gasteiger partial charge in [0.2, 0.25) is 0 Å². The first-order valence-corrected chi connectivity index (χ1v) is 5.83. The van der Waals surface area contributed by atoms with Crippen LogP contribution in [-0.4, -0.2) is 17.6 Å². The van der Waals surface area contributed by atoms with Crippen LogP contribution in [0, 0.1) is 0 Å². The summed E-state index contributed by atoms with van der Waals surface area (Å²) in [6.07, 6.45) is 0. The van der Waals surface area contributed by atoms with Crippen molar-refractivity contribution in [1.82, 2.24) is 5.32 Å². The molecule has 0 radical (unpaired) electrons. The maximum Gasteiger partial charge on any atom is 0.251 e. The van der Waals surface area contributed by atoms with Crippen molar-refractivity contribution in [2.75, 3.05) is 6.61 Å². The molecule has 0 aliphatic rings. The van der Waals surface area contributed by atoms with E-state index in [1.54, 1.807) is 12.1 Å². The summed E-state index contributed by atoms with van der Waals surface area (Å²) in [6, 6.07) is 18.0. The van der Waals surface area contributed by atoms with Gasteiger partial charge in [-0.05, 0) is 17.7 Å². The summed E-state index contributed by atoms with van der Waals surface area (Å²) in [4.78, 5) is 12.0. The third-order valence-electron chi connectivity index (χ3n) is 2.73. The van der Waals surface area contributed by atoms with E-state index in [1.807, 2.05) is 48.5 Å². The van der Waals surface area contributed by atoms with Gasteiger partial charge in [-0.2, -0.15) is 0 Å². The molecule has 0 heterocycles. The molecule has 2 N–H and O–H groups in total. The van der Waals surface area contributed by atoms with Crippen molar-refractivity contribution in [2.24, 2.45) is 0 Å². The molecule has 0 aliphatic heterocycles. The Bertz CT molecular complexity index is 496. The Labute approximate surface area is 106 Å². The predicted octanol–water partition coefficient (Wildman–Crippen LogP) is 2.15. The van der Waals surface area contributed by atoms with E-state index in [1.165, 1.54) is 0 Å². The van der Waals surface area contributed by atoms with E-state index >= 15 is 0 Å². The molecule has 0 fully saturated rings. The van der Waals surface area contributed by atoms with Gasteiger partial charge in [-0.15, -0.1) is 0 Å². The van der Waals surface area contributed by atoms with Crippen molar-refractivity contribution in [1.29, 1.82) is 0 Å². The van der Waals surface area contributed by atoms with E-state index in [0.29, 0.717) is 5.56 Å². The number of amides is 1. The van der Waals surface area contributed by atoms with Crippen LogP contribution >= 0.6 is 0 Å². The maximum atomic E-state index is 12.0. The second kappa shape index (κ2) is 5.98. The highest BCUT2D eigenvalue weighted by Gasteiger charge is 2.14. The second-order valence-corrected chi connectivity index (χ2v) is 3.99. The molecule has 2 rings (SSSR count). The highest BCUT2D eigenvalue weighted by Crippen LogP contribution is 2.12. The minimum atomic E-state index is -0.376. The van der Waals surface area contributed by atoms with E-state index in [9.17, 15) is 9.90 Å². The molecule has 0 spiro atoms. The van der Waals surface area contributed by atoms with Crippen LogP contribution in [0.25, 0.3) is 0 Å². The maximum absolute atomic E-state index is 12.0. The fourth-order valence-electron chi connectivity index (χ4n) is 1.75. The number of benzene rings is 2. The zero-order valence-electron chi connectivity index (χ0n) is 9.91. The predicted molar refractivity (Wildman–Crippen MR) is 70.2 cm³/mol. The van der Waals surface area contributed by atoms with E-state index in [2.05, 4.69) is 5.32 Å². The lowest BCUT2D eigenvalue weighted by Gasteiger charge is -2.16. The molecular formula is C15H15NO2. The van der Waals surface area contributed by atoms with Crippen LogP contribution in [0.4, 0.5) is 0 Å². The number of carbonyl (C=O) groups is 1. The molecule has 1 atom stereocenters. The minimum Gasteiger partial charge on any atom is -0.394 e. The zero-order valence-corrected chi connectivity index (χ0v) is 9.91. The quantitative estimate of drug-likeness (QED) is 0.861. The van der Waals surface area contributed by atoms with Gasteiger partial charge >= 0.3 is 0 Å². The van der Waals surface area contributed by atoms with Crippen LogP contribution in [0.5, 0.6) is 0 Å². The fraction of sp³-hybridized carbons (Fsp3) is 0.133. The SMILES string of the molecule is O=C(N[C@H](CO)c1ccccc1)c1ccccc1. The average Bonchev–Trinajstić information content (AvgIpc) is 2.46. The lowest BCUT2D eigenvalue weighted by Crippen LogP contribution is -2.30. The third-order valence-corrected chi connectivity index (χ3v) is 2.73. The first-order chi connectivity index (χ1) is 8.81. The number of nitrogens with one attached hydrogen (secondary N) is 1. The van der Waals surface area contributed by atoms with Gasteiger partial charge in [0.1, 0.15) is 0 Å². The molecule has 0 aromatic heterocycles.